The summed E-state index contributed by atoms with van der Waals surface area (Å²) in [6.07, 6.45) is 2.81. The molecular weight excluding hydrogens is 390 g/mol. The highest BCUT2D eigenvalue weighted by molar-refractivity contribution is 7.98. The topological polar surface area (TPSA) is 89.5 Å². The molecule has 0 radical (unpaired) electrons. The zero-order valence-corrected chi connectivity index (χ0v) is 17.5. The fraction of sp³-hybridized carbons (Fsp3) is 0.333. The number of ether oxygens (including phenoxy) is 1. The van der Waals surface area contributed by atoms with Gasteiger partial charge in [-0.25, -0.2) is 4.98 Å². The zero-order chi connectivity index (χ0) is 20.8. The first-order valence-electron chi connectivity index (χ1n) is 9.34. The summed E-state index contributed by atoms with van der Waals surface area (Å²) in [6, 6.07) is 10.6. The number of aliphatic hydroxyl groups excluding tert-OH is 1. The lowest BCUT2D eigenvalue weighted by molar-refractivity contribution is 0.0887. The molecule has 29 heavy (non-hydrogen) atoms. The molecule has 0 aliphatic heterocycles. The molecule has 2 aromatic heterocycles. The van der Waals surface area contributed by atoms with Crippen LogP contribution in [0.2, 0.25) is 0 Å². The highest BCUT2D eigenvalue weighted by Gasteiger charge is 2.15. The van der Waals surface area contributed by atoms with Crippen molar-refractivity contribution >= 4 is 17.7 Å². The van der Waals surface area contributed by atoms with Crippen molar-refractivity contribution in [3.63, 3.8) is 0 Å². The van der Waals surface area contributed by atoms with Crippen molar-refractivity contribution in [1.29, 1.82) is 0 Å². The molecule has 1 unspecified atom stereocenters. The summed E-state index contributed by atoms with van der Waals surface area (Å²) in [5, 5.41) is 14.0. The SMILES string of the molecule is CC(C)Oc1cccc(C(O)CNC(=O)c2ccc(CSc3nccn3C)o2)c1. The summed E-state index contributed by atoms with van der Waals surface area (Å²) in [6.45, 7) is 3.95. The molecule has 1 atom stereocenters. The Labute approximate surface area is 174 Å². The molecule has 3 aromatic rings. The monoisotopic (exact) mass is 415 g/mol. The van der Waals surface area contributed by atoms with Gasteiger partial charge >= 0.3 is 0 Å². The quantitative estimate of drug-likeness (QED) is 0.520. The lowest BCUT2D eigenvalue weighted by atomic mass is 10.1. The van der Waals surface area contributed by atoms with E-state index in [0.717, 1.165) is 5.16 Å². The maximum atomic E-state index is 12.3. The average molecular weight is 416 g/mol. The number of thioether (sulfide) groups is 1. The van der Waals surface area contributed by atoms with Crippen molar-refractivity contribution in [2.24, 2.45) is 7.05 Å². The molecule has 0 fully saturated rings. The first-order valence-corrected chi connectivity index (χ1v) is 10.3. The molecule has 2 N–H and O–H groups in total. The van der Waals surface area contributed by atoms with Crippen molar-refractivity contribution in [3.8, 4) is 5.75 Å². The van der Waals surface area contributed by atoms with Crippen LogP contribution >= 0.6 is 11.8 Å². The van der Waals surface area contributed by atoms with Crippen molar-refractivity contribution in [2.45, 2.75) is 37.0 Å². The van der Waals surface area contributed by atoms with Crippen LogP contribution in [0.3, 0.4) is 0 Å². The second-order valence-corrected chi connectivity index (χ2v) is 7.78. The van der Waals surface area contributed by atoms with Gasteiger partial charge in [0.05, 0.1) is 18.0 Å². The number of nitrogens with one attached hydrogen (secondary N) is 1. The van der Waals surface area contributed by atoms with Crippen LogP contribution in [0.15, 0.2) is 58.4 Å². The van der Waals surface area contributed by atoms with Gasteiger partial charge in [0, 0.05) is 26.0 Å². The number of hydrogen-bond donors (Lipinski definition) is 2. The van der Waals surface area contributed by atoms with E-state index < -0.39 is 6.10 Å². The number of carbonyl (C=O) groups excluding carboxylic acids is 1. The fourth-order valence-corrected chi connectivity index (χ4v) is 3.49. The van der Waals surface area contributed by atoms with E-state index in [2.05, 4.69) is 10.3 Å². The Morgan fingerprint density at radius 1 is 1.34 bits per heavy atom. The Hall–Kier alpha value is -2.71. The van der Waals surface area contributed by atoms with Crippen molar-refractivity contribution in [2.75, 3.05) is 6.54 Å². The summed E-state index contributed by atoms with van der Waals surface area (Å²) in [5.41, 5.74) is 0.676. The number of aliphatic hydroxyl groups is 1. The van der Waals surface area contributed by atoms with E-state index in [1.54, 1.807) is 30.5 Å². The maximum Gasteiger partial charge on any atom is 0.287 e. The third-order valence-corrected chi connectivity index (χ3v) is 5.16. The Morgan fingerprint density at radius 3 is 2.90 bits per heavy atom. The molecule has 154 valence electrons. The smallest absolute Gasteiger partial charge is 0.287 e. The average Bonchev–Trinajstić information content (AvgIpc) is 3.32. The molecule has 1 aromatic carbocycles. The Bertz CT molecular complexity index is 951. The lowest BCUT2D eigenvalue weighted by Crippen LogP contribution is -2.28. The number of imidazole rings is 1. The number of nitrogens with zero attached hydrogens (tertiary/aromatic N) is 2. The predicted molar refractivity (Wildman–Crippen MR) is 111 cm³/mol. The third kappa shape index (κ3) is 5.88. The van der Waals surface area contributed by atoms with Gasteiger partial charge in [0.25, 0.3) is 5.91 Å². The highest BCUT2D eigenvalue weighted by atomic mass is 32.2. The highest BCUT2D eigenvalue weighted by Crippen LogP contribution is 2.22. The Morgan fingerprint density at radius 2 is 2.17 bits per heavy atom. The number of aromatic nitrogens is 2. The van der Waals surface area contributed by atoms with E-state index in [0.29, 0.717) is 22.8 Å². The van der Waals surface area contributed by atoms with Crippen molar-refractivity contribution in [3.05, 3.63) is 65.9 Å². The van der Waals surface area contributed by atoms with Gasteiger partial charge in [-0.1, -0.05) is 23.9 Å². The predicted octanol–water partition coefficient (Wildman–Crippen LogP) is 3.56. The van der Waals surface area contributed by atoms with Crippen LogP contribution in [0.5, 0.6) is 5.75 Å². The molecule has 7 nitrogen and oxygen atoms in total. The summed E-state index contributed by atoms with van der Waals surface area (Å²) < 4.78 is 13.2. The Balaban J connectivity index is 1.51. The number of hydrogen-bond acceptors (Lipinski definition) is 6. The van der Waals surface area contributed by atoms with Crippen molar-refractivity contribution < 1.29 is 19.1 Å². The zero-order valence-electron chi connectivity index (χ0n) is 16.7. The van der Waals surface area contributed by atoms with E-state index in [1.807, 2.05) is 43.8 Å². The van der Waals surface area contributed by atoms with Gasteiger partial charge in [0.1, 0.15) is 11.5 Å². The largest absolute Gasteiger partial charge is 0.491 e. The second kappa shape index (κ2) is 9.67. The molecule has 1 amide bonds. The molecule has 0 saturated carbocycles. The standard InChI is InChI=1S/C21H25N3O4S/c1-14(2)27-16-6-4-5-15(11-16)18(25)12-23-20(26)19-8-7-17(28-19)13-29-21-22-9-10-24(21)3/h4-11,14,18,25H,12-13H2,1-3H3,(H,23,26). The third-order valence-electron chi connectivity index (χ3n) is 4.08. The molecule has 0 spiro atoms. The van der Waals surface area contributed by atoms with Gasteiger partial charge < -0.3 is 24.1 Å². The molecule has 0 bridgehead atoms. The molecule has 0 aliphatic rings. The van der Waals surface area contributed by atoms with E-state index >= 15 is 0 Å². The van der Waals surface area contributed by atoms with Gasteiger partial charge in [-0.05, 0) is 43.7 Å². The molecule has 8 heteroatoms. The van der Waals surface area contributed by atoms with Gasteiger partial charge in [-0.2, -0.15) is 0 Å². The van der Waals surface area contributed by atoms with Gasteiger partial charge in [-0.15, -0.1) is 0 Å². The molecule has 0 aliphatic carbocycles. The van der Waals surface area contributed by atoms with E-state index in [-0.39, 0.29) is 24.3 Å². The number of aryl methyl sites for hydroxylation is 1. The summed E-state index contributed by atoms with van der Waals surface area (Å²) in [7, 11) is 1.92. The number of amides is 1. The van der Waals surface area contributed by atoms with Gasteiger partial charge in [0.15, 0.2) is 10.9 Å². The summed E-state index contributed by atoms with van der Waals surface area (Å²) >= 11 is 1.53. The number of rotatable bonds is 9. The van der Waals surface area contributed by atoms with E-state index in [4.69, 9.17) is 9.15 Å². The summed E-state index contributed by atoms with van der Waals surface area (Å²) in [4.78, 5) is 16.6. The maximum absolute atomic E-state index is 12.3. The normalized spacial score (nSPS) is 12.2. The van der Waals surface area contributed by atoms with E-state index in [9.17, 15) is 9.90 Å². The lowest BCUT2D eigenvalue weighted by Gasteiger charge is -2.14. The van der Waals surface area contributed by atoms with Crippen LogP contribution < -0.4 is 10.1 Å². The first-order chi connectivity index (χ1) is 13.9. The fourth-order valence-electron chi connectivity index (χ4n) is 2.67. The van der Waals surface area contributed by atoms with Crippen molar-refractivity contribution in [1.82, 2.24) is 14.9 Å². The number of furan rings is 1. The minimum Gasteiger partial charge on any atom is -0.491 e. The van der Waals surface area contributed by atoms with Crippen LogP contribution in [0.1, 0.15) is 41.8 Å². The molecule has 0 saturated heterocycles. The number of carbonyl (C=O) groups is 1. The van der Waals surface area contributed by atoms with Crippen LogP contribution in [0, 0.1) is 0 Å². The molecular formula is C21H25N3O4S. The summed E-state index contributed by atoms with van der Waals surface area (Å²) in [5.74, 6) is 1.78. The van der Waals surface area contributed by atoms with Gasteiger partial charge in [0.2, 0.25) is 0 Å². The Kier molecular flexibility index (Phi) is 7.00. The van der Waals surface area contributed by atoms with Crippen LogP contribution in [-0.4, -0.2) is 33.2 Å². The minimum absolute atomic E-state index is 0.0470. The number of benzene rings is 1. The molecule has 2 heterocycles. The molecule has 3 rings (SSSR count). The van der Waals surface area contributed by atoms with Gasteiger partial charge in [-0.3, -0.25) is 4.79 Å². The second-order valence-electron chi connectivity index (χ2n) is 6.84. The van der Waals surface area contributed by atoms with Crippen LogP contribution in [0.4, 0.5) is 0 Å². The van der Waals surface area contributed by atoms with Crippen LogP contribution in [0.25, 0.3) is 0 Å². The van der Waals surface area contributed by atoms with Crippen LogP contribution in [-0.2, 0) is 12.8 Å². The first kappa shape index (κ1) is 21.0. The minimum atomic E-state index is -0.844. The van der Waals surface area contributed by atoms with E-state index in [1.165, 1.54) is 11.8 Å².